The topological polar surface area (TPSA) is 217 Å². The van der Waals surface area contributed by atoms with Crippen LogP contribution in [0.5, 0.6) is 0 Å². The van der Waals surface area contributed by atoms with Gasteiger partial charge in [-0.25, -0.2) is 4.79 Å². The Hall–Kier alpha value is -8.94. The van der Waals surface area contributed by atoms with Crippen molar-refractivity contribution in [3.63, 3.8) is 0 Å². The summed E-state index contributed by atoms with van der Waals surface area (Å²) in [5, 5.41) is 9.14. The number of aliphatic imine (C=N–C) groups is 3. The molecule has 4 N–H and O–H groups in total. The molecule has 0 fully saturated rings. The Kier molecular flexibility index (Phi) is 20.9. The number of carbonyl (C=O) groups is 5. The number of Topliss-reactive ketones (excluding diaryl/α,β-unsaturated/α-hetero) is 3. The number of nitrogen functional groups attached to an aromatic ring is 2. The largest absolute Gasteiger partial charge is 0.461 e. The van der Waals surface area contributed by atoms with E-state index in [2.05, 4.69) is 52.7 Å². The van der Waals surface area contributed by atoms with Gasteiger partial charge in [0.15, 0.2) is 0 Å². The third-order valence-electron chi connectivity index (χ3n) is 12.8. The first-order valence-electron chi connectivity index (χ1n) is 25.9. The summed E-state index contributed by atoms with van der Waals surface area (Å²) >= 11 is 11.9. The van der Waals surface area contributed by atoms with Crippen LogP contribution in [0.25, 0.3) is 0 Å². The van der Waals surface area contributed by atoms with E-state index in [0.29, 0.717) is 54.0 Å². The van der Waals surface area contributed by atoms with E-state index < -0.39 is 5.43 Å². The zero-order valence-electron chi connectivity index (χ0n) is 44.2. The SMILES string of the molecule is N#Cc1cccc(C2=Nc3ccc(CC(=O)OCc4ccccc4)cc3CC(=O)C2)c1.Nc1ccc2c(c1)CC(=O)CC(c1cccc(Br)c1)=N2.Nc1ccc2c(c1)CC(=O)CC(c1cccc(Br)c1)=N2.O=C(Cl)OCc1ccccc1. The van der Waals surface area contributed by atoms with Gasteiger partial charge in [-0.2, -0.15) is 5.26 Å². The summed E-state index contributed by atoms with van der Waals surface area (Å²) in [7, 11) is 0. The molecule has 0 radical (unpaired) electrons. The molecule has 0 aliphatic carbocycles. The summed E-state index contributed by atoms with van der Waals surface area (Å²) in [5.41, 5.74) is 25.3. The highest BCUT2D eigenvalue weighted by molar-refractivity contribution is 9.10. The number of nitrogens with zero attached hydrogens (tertiary/aromatic N) is 4. The first-order valence-corrected chi connectivity index (χ1v) is 27.8. The first kappa shape index (κ1) is 59.2. The Morgan fingerprint density at radius 3 is 1.33 bits per heavy atom. The number of fused-ring (bicyclic) bond motifs is 3. The number of hydrogen-bond acceptors (Lipinski definition) is 13. The van der Waals surface area contributed by atoms with Gasteiger partial charge in [-0.15, -0.1) is 0 Å². The second kappa shape index (κ2) is 29.0. The second-order valence-corrected chi connectivity index (χ2v) is 21.3. The number of esters is 1. The molecule has 3 aliphatic rings. The Labute approximate surface area is 496 Å². The maximum Gasteiger partial charge on any atom is 0.404 e. The van der Waals surface area contributed by atoms with Crippen LogP contribution >= 0.6 is 43.5 Å². The molecule has 11 rings (SSSR count). The maximum absolute atomic E-state index is 12.5. The van der Waals surface area contributed by atoms with Crippen molar-refractivity contribution in [3.8, 4) is 6.07 Å². The number of nitriles is 1. The zero-order chi connectivity index (χ0) is 58.0. The van der Waals surface area contributed by atoms with E-state index in [-0.39, 0.29) is 55.8 Å². The van der Waals surface area contributed by atoms with Crippen LogP contribution in [-0.2, 0) is 67.5 Å². The standard InChI is InChI=1S/C26H20N2O3.2C16H13BrN2O.C8H7ClO2/c27-16-20-7-4-8-21(12-20)25-15-23(29)14-22-11-19(9-10-24(22)28-25)13-26(30)31-17-18-5-2-1-3-6-18;2*17-12-3-1-2-10(6-12)16-9-14(20)8-11-7-13(18)4-5-15(11)19-16;9-8(10)11-6-7-4-2-1-3-5-7/h1-12H,13-15,17H2;2*1-7H,8-9,18H2;1-5H,6H2. The minimum atomic E-state index is -0.770. The van der Waals surface area contributed by atoms with E-state index in [1.54, 1.807) is 18.2 Å². The molecule has 0 bridgehead atoms. The van der Waals surface area contributed by atoms with Crippen LogP contribution in [0.2, 0.25) is 0 Å². The Balaban J connectivity index is 0.000000151. The first-order chi connectivity index (χ1) is 39.6. The van der Waals surface area contributed by atoms with Crippen LogP contribution in [0.1, 0.15) is 74.9 Å². The molecule has 0 aromatic heterocycles. The fourth-order valence-corrected chi connectivity index (χ4v) is 9.78. The van der Waals surface area contributed by atoms with Gasteiger partial charge in [0.1, 0.15) is 30.6 Å². The number of benzene rings is 8. The number of carbonyl (C=O) groups excluding carboxylic acids is 5. The lowest BCUT2D eigenvalue weighted by Crippen LogP contribution is -2.10. The number of nitrogens with two attached hydrogens (primary N) is 2. The lowest BCUT2D eigenvalue weighted by Gasteiger charge is -2.08. The van der Waals surface area contributed by atoms with Crippen LogP contribution in [-0.4, -0.2) is 45.9 Å². The molecule has 0 amide bonds. The van der Waals surface area contributed by atoms with Crippen LogP contribution < -0.4 is 11.5 Å². The van der Waals surface area contributed by atoms with Crippen molar-refractivity contribution in [1.82, 2.24) is 0 Å². The van der Waals surface area contributed by atoms with E-state index in [4.69, 9.17) is 38.1 Å². The lowest BCUT2D eigenvalue weighted by atomic mass is 10.00. The van der Waals surface area contributed by atoms with Gasteiger partial charge in [0, 0.05) is 70.4 Å². The molecular formula is C66H53Br2ClN6O7. The molecule has 0 unspecified atom stereocenters. The third-order valence-corrected chi connectivity index (χ3v) is 13.9. The fraction of sp³-hybridized carbons (Fsp3) is 0.136. The van der Waals surface area contributed by atoms with Crippen LogP contribution in [0.3, 0.4) is 0 Å². The normalized spacial score (nSPS) is 13.1. The molecule has 0 spiro atoms. The lowest BCUT2D eigenvalue weighted by molar-refractivity contribution is -0.144. The predicted octanol–water partition coefficient (Wildman–Crippen LogP) is 14.4. The van der Waals surface area contributed by atoms with E-state index >= 15 is 0 Å². The van der Waals surface area contributed by atoms with Gasteiger partial charge in [-0.3, -0.25) is 34.2 Å². The van der Waals surface area contributed by atoms with Gasteiger partial charge in [0.2, 0.25) is 0 Å². The number of rotatable bonds is 9. The molecule has 16 heteroatoms. The summed E-state index contributed by atoms with van der Waals surface area (Å²) < 4.78 is 11.9. The van der Waals surface area contributed by atoms with Crippen LogP contribution in [0, 0.1) is 11.3 Å². The van der Waals surface area contributed by atoms with E-state index in [0.717, 1.165) is 81.8 Å². The smallest absolute Gasteiger partial charge is 0.404 e. The fourth-order valence-electron chi connectivity index (χ4n) is 8.93. The molecule has 8 aromatic rings. The number of anilines is 2. The summed E-state index contributed by atoms with van der Waals surface area (Å²) in [4.78, 5) is 73.1. The second-order valence-electron chi connectivity index (χ2n) is 19.1. The molecule has 0 saturated heterocycles. The molecule has 8 aromatic carbocycles. The minimum absolute atomic E-state index is 0.0451. The highest BCUT2D eigenvalue weighted by atomic mass is 79.9. The van der Waals surface area contributed by atoms with Crippen molar-refractivity contribution < 1.29 is 33.4 Å². The van der Waals surface area contributed by atoms with Gasteiger partial charge in [0.25, 0.3) is 0 Å². The molecule has 0 saturated carbocycles. The van der Waals surface area contributed by atoms with Crippen molar-refractivity contribution in [1.29, 1.82) is 5.26 Å². The van der Waals surface area contributed by atoms with Gasteiger partial charge >= 0.3 is 11.4 Å². The maximum atomic E-state index is 12.5. The average molecular weight is 1240 g/mol. The minimum Gasteiger partial charge on any atom is -0.461 e. The van der Waals surface area contributed by atoms with Crippen molar-refractivity contribution in [3.05, 3.63) is 253 Å². The summed E-state index contributed by atoms with van der Waals surface area (Å²) in [6.45, 7) is 0.474. The average Bonchev–Trinajstić information content (AvgIpc) is 3.87. The Morgan fingerprint density at radius 2 is 0.890 bits per heavy atom. The number of ether oxygens (including phenoxy) is 2. The van der Waals surface area contributed by atoms with Crippen molar-refractivity contribution >= 4 is 118 Å². The summed E-state index contributed by atoms with van der Waals surface area (Å²) in [6.07, 6.45) is 2.08. The van der Waals surface area contributed by atoms with Gasteiger partial charge < -0.3 is 20.9 Å². The van der Waals surface area contributed by atoms with Crippen molar-refractivity contribution in [2.45, 2.75) is 58.2 Å². The number of ketones is 3. The quantitative estimate of drug-likeness (QED) is 0.0791. The van der Waals surface area contributed by atoms with Gasteiger partial charge in [-0.05, 0) is 129 Å². The summed E-state index contributed by atoms with van der Waals surface area (Å²) in [6, 6.07) is 60.4. The number of halogens is 3. The molecule has 3 aliphatic heterocycles. The Morgan fingerprint density at radius 1 is 0.476 bits per heavy atom. The van der Waals surface area contributed by atoms with Gasteiger partial charge in [-0.1, -0.05) is 141 Å². The molecule has 82 heavy (non-hydrogen) atoms. The Bertz CT molecular complexity index is 3700. The van der Waals surface area contributed by atoms with E-state index in [9.17, 15) is 24.0 Å². The van der Waals surface area contributed by atoms with Crippen molar-refractivity contribution in [2.75, 3.05) is 11.5 Å². The van der Waals surface area contributed by atoms with E-state index in [1.165, 1.54) is 0 Å². The zero-order valence-corrected chi connectivity index (χ0v) is 48.1. The summed E-state index contributed by atoms with van der Waals surface area (Å²) in [5.74, 6) is 0.0473. The van der Waals surface area contributed by atoms with Crippen LogP contribution in [0.4, 0.5) is 33.2 Å². The predicted molar refractivity (Wildman–Crippen MR) is 329 cm³/mol. The third kappa shape index (κ3) is 17.8. The molecule has 3 heterocycles. The molecule has 13 nitrogen and oxygen atoms in total. The van der Waals surface area contributed by atoms with Crippen LogP contribution in [0.15, 0.2) is 212 Å². The highest BCUT2D eigenvalue weighted by Gasteiger charge is 2.22. The van der Waals surface area contributed by atoms with Gasteiger partial charge in [0.05, 0.1) is 52.3 Å². The van der Waals surface area contributed by atoms with Crippen molar-refractivity contribution in [2.24, 2.45) is 15.0 Å². The highest BCUT2D eigenvalue weighted by Crippen LogP contribution is 2.31. The van der Waals surface area contributed by atoms with E-state index in [1.807, 2.05) is 170 Å². The molecule has 0 atom stereocenters. The molecular weight excluding hydrogens is 1180 g/mol. The molecule has 410 valence electrons. The monoisotopic (exact) mass is 1230 g/mol. The number of hydrogen-bond donors (Lipinski definition) is 2.